The van der Waals surface area contributed by atoms with Gasteiger partial charge in [0.25, 0.3) is 11.8 Å². The fourth-order valence-electron chi connectivity index (χ4n) is 3.58. The van der Waals surface area contributed by atoms with Gasteiger partial charge in [-0.1, -0.05) is 36.4 Å². The molecule has 5 aromatic rings. The van der Waals surface area contributed by atoms with E-state index in [2.05, 4.69) is 10.4 Å². The van der Waals surface area contributed by atoms with Gasteiger partial charge in [0.2, 0.25) is 0 Å². The first kappa shape index (κ1) is 21.0. The van der Waals surface area contributed by atoms with Crippen molar-refractivity contribution < 1.29 is 18.7 Å². The van der Waals surface area contributed by atoms with Crippen molar-refractivity contribution in [3.8, 4) is 11.4 Å². The third-order valence-corrected chi connectivity index (χ3v) is 5.26. The lowest BCUT2D eigenvalue weighted by Gasteiger charge is -2.08. The van der Waals surface area contributed by atoms with E-state index in [4.69, 9.17) is 14.9 Å². The quantitative estimate of drug-likeness (QED) is 0.376. The molecule has 34 heavy (non-hydrogen) atoms. The minimum absolute atomic E-state index is 0.174. The molecule has 0 fully saturated rings. The molecule has 0 saturated carbocycles. The number of ether oxygens (including phenoxy) is 1. The number of para-hydroxylation sites is 2. The summed E-state index contributed by atoms with van der Waals surface area (Å²) in [6.45, 7) is 0.185. The third kappa shape index (κ3) is 4.24. The minimum atomic E-state index is -0.597. The second-order valence-corrected chi connectivity index (χ2v) is 7.52. The van der Waals surface area contributed by atoms with Gasteiger partial charge in [-0.2, -0.15) is 5.10 Å². The highest BCUT2D eigenvalue weighted by Crippen LogP contribution is 2.28. The highest BCUT2D eigenvalue weighted by Gasteiger charge is 2.21. The molecule has 0 saturated heterocycles. The summed E-state index contributed by atoms with van der Waals surface area (Å²) in [6.07, 6.45) is 1.64. The van der Waals surface area contributed by atoms with Crippen LogP contribution >= 0.6 is 0 Å². The molecule has 3 aromatic carbocycles. The van der Waals surface area contributed by atoms with Crippen LogP contribution in [0.5, 0.6) is 5.75 Å². The maximum Gasteiger partial charge on any atom is 0.291 e. The van der Waals surface area contributed by atoms with Gasteiger partial charge >= 0.3 is 0 Å². The zero-order chi connectivity index (χ0) is 23.5. The van der Waals surface area contributed by atoms with E-state index < -0.39 is 5.91 Å². The first-order valence-electron chi connectivity index (χ1n) is 10.5. The van der Waals surface area contributed by atoms with Crippen LogP contribution in [0.3, 0.4) is 0 Å². The largest absolute Gasteiger partial charge is 0.489 e. The molecular weight excluding hydrogens is 432 g/mol. The average molecular weight is 452 g/mol. The number of nitrogens with one attached hydrogen (secondary N) is 1. The number of furan rings is 1. The number of carbonyl (C=O) groups excluding carboxylic acids is 2. The Morgan fingerprint density at radius 3 is 2.41 bits per heavy atom. The van der Waals surface area contributed by atoms with E-state index in [1.165, 1.54) is 4.68 Å². The van der Waals surface area contributed by atoms with Crippen LogP contribution in [0, 0.1) is 0 Å². The Bertz CT molecular complexity index is 1470. The SMILES string of the molecule is NC(=O)c1ccn(-c2ccc(NC(=O)c3oc4ccccc4c3COc3ccccc3)cc2)n1. The Hall–Kier alpha value is -4.85. The van der Waals surface area contributed by atoms with Crippen molar-refractivity contribution in [2.45, 2.75) is 6.61 Å². The van der Waals surface area contributed by atoms with Crippen molar-refractivity contribution in [3.63, 3.8) is 0 Å². The standard InChI is InChI=1S/C26H20N4O4/c27-25(31)22-14-15-30(29-22)18-12-10-17(11-13-18)28-26(32)24-21(16-33-19-6-2-1-3-7-19)20-8-4-5-9-23(20)34-24/h1-15H,16H2,(H2,27,31)(H,28,32). The second kappa shape index (κ2) is 8.95. The molecule has 168 valence electrons. The van der Waals surface area contributed by atoms with E-state index >= 15 is 0 Å². The van der Waals surface area contributed by atoms with E-state index in [1.807, 2.05) is 54.6 Å². The lowest BCUT2D eigenvalue weighted by atomic mass is 10.1. The molecule has 8 heteroatoms. The summed E-state index contributed by atoms with van der Waals surface area (Å²) in [4.78, 5) is 24.4. The van der Waals surface area contributed by atoms with Crippen molar-refractivity contribution in [1.82, 2.24) is 9.78 Å². The van der Waals surface area contributed by atoms with Crippen LogP contribution in [-0.4, -0.2) is 21.6 Å². The summed E-state index contributed by atoms with van der Waals surface area (Å²) in [5.74, 6) is -0.0848. The number of fused-ring (bicyclic) bond motifs is 1. The topological polar surface area (TPSA) is 112 Å². The number of hydrogen-bond donors (Lipinski definition) is 2. The Kier molecular flexibility index (Phi) is 5.53. The number of benzene rings is 3. The average Bonchev–Trinajstić information content (AvgIpc) is 3.50. The first-order valence-corrected chi connectivity index (χ1v) is 10.5. The van der Waals surface area contributed by atoms with Gasteiger partial charge in [-0.25, -0.2) is 4.68 Å². The van der Waals surface area contributed by atoms with Gasteiger partial charge in [0, 0.05) is 22.8 Å². The van der Waals surface area contributed by atoms with Crippen molar-refractivity contribution >= 4 is 28.5 Å². The number of hydrogen-bond acceptors (Lipinski definition) is 5. The van der Waals surface area contributed by atoms with E-state index in [9.17, 15) is 9.59 Å². The van der Waals surface area contributed by atoms with Gasteiger partial charge in [0.05, 0.1) is 5.69 Å². The summed E-state index contributed by atoms with van der Waals surface area (Å²) < 4.78 is 13.3. The molecule has 0 spiro atoms. The van der Waals surface area contributed by atoms with Gasteiger partial charge in [-0.05, 0) is 48.5 Å². The van der Waals surface area contributed by atoms with Gasteiger partial charge in [0.15, 0.2) is 5.76 Å². The van der Waals surface area contributed by atoms with Gasteiger partial charge in [-0.3, -0.25) is 9.59 Å². The molecule has 5 rings (SSSR count). The van der Waals surface area contributed by atoms with E-state index in [0.29, 0.717) is 28.3 Å². The van der Waals surface area contributed by atoms with Crippen LogP contribution in [-0.2, 0) is 6.61 Å². The van der Waals surface area contributed by atoms with Gasteiger partial charge in [0.1, 0.15) is 23.6 Å². The van der Waals surface area contributed by atoms with Crippen molar-refractivity contribution in [3.05, 3.63) is 108 Å². The second-order valence-electron chi connectivity index (χ2n) is 7.52. The fraction of sp³-hybridized carbons (Fsp3) is 0.0385. The maximum absolute atomic E-state index is 13.1. The lowest BCUT2D eigenvalue weighted by Crippen LogP contribution is -2.14. The zero-order valence-electron chi connectivity index (χ0n) is 18.0. The lowest BCUT2D eigenvalue weighted by molar-refractivity contribution is 0.0987. The van der Waals surface area contributed by atoms with Crippen LogP contribution in [0.25, 0.3) is 16.7 Å². The molecule has 0 radical (unpaired) electrons. The predicted molar refractivity (Wildman–Crippen MR) is 127 cm³/mol. The number of amides is 2. The monoisotopic (exact) mass is 452 g/mol. The number of aromatic nitrogens is 2. The van der Waals surface area contributed by atoms with E-state index in [0.717, 1.165) is 5.39 Å². The third-order valence-electron chi connectivity index (χ3n) is 5.26. The zero-order valence-corrected chi connectivity index (χ0v) is 18.0. The summed E-state index contributed by atoms with van der Waals surface area (Å²) in [7, 11) is 0. The number of carbonyl (C=O) groups is 2. The molecule has 0 bridgehead atoms. The number of nitrogens with zero attached hydrogens (tertiary/aromatic N) is 2. The predicted octanol–water partition coefficient (Wildman–Crippen LogP) is 4.55. The summed E-state index contributed by atoms with van der Waals surface area (Å²) in [6, 6.07) is 25.4. The molecule has 8 nitrogen and oxygen atoms in total. The molecule has 0 aliphatic rings. The fourth-order valence-corrected chi connectivity index (χ4v) is 3.58. The number of nitrogens with two attached hydrogens (primary N) is 1. The molecule has 0 aliphatic heterocycles. The van der Waals surface area contributed by atoms with Crippen molar-refractivity contribution in [1.29, 1.82) is 0 Å². The molecule has 3 N–H and O–H groups in total. The first-order chi connectivity index (χ1) is 16.6. The number of anilines is 1. The number of primary amides is 1. The smallest absolute Gasteiger partial charge is 0.291 e. The number of rotatable bonds is 7. The van der Waals surface area contributed by atoms with Crippen molar-refractivity contribution in [2.24, 2.45) is 5.73 Å². The van der Waals surface area contributed by atoms with Crippen LogP contribution in [0.1, 0.15) is 26.6 Å². The van der Waals surface area contributed by atoms with Crippen LogP contribution in [0.2, 0.25) is 0 Å². The molecular formula is C26H20N4O4. The van der Waals surface area contributed by atoms with Gasteiger partial charge < -0.3 is 20.2 Å². The van der Waals surface area contributed by atoms with Crippen molar-refractivity contribution in [2.75, 3.05) is 5.32 Å². The van der Waals surface area contributed by atoms with Crippen LogP contribution in [0.15, 0.2) is 95.5 Å². The van der Waals surface area contributed by atoms with E-state index in [1.54, 1.807) is 36.5 Å². The molecule has 2 amide bonds. The maximum atomic E-state index is 13.1. The Labute approximate surface area is 194 Å². The normalized spacial score (nSPS) is 10.8. The molecule has 2 heterocycles. The Morgan fingerprint density at radius 1 is 0.941 bits per heavy atom. The molecule has 0 aliphatic carbocycles. The van der Waals surface area contributed by atoms with Crippen LogP contribution in [0.4, 0.5) is 5.69 Å². The highest BCUT2D eigenvalue weighted by atomic mass is 16.5. The van der Waals surface area contributed by atoms with Gasteiger partial charge in [-0.15, -0.1) is 0 Å². The molecule has 2 aromatic heterocycles. The summed E-state index contributed by atoms with van der Waals surface area (Å²) in [5.41, 5.74) is 8.00. The van der Waals surface area contributed by atoms with E-state index in [-0.39, 0.29) is 24.0 Å². The summed E-state index contributed by atoms with van der Waals surface area (Å²) in [5, 5.41) is 7.82. The Balaban J connectivity index is 1.37. The molecule has 0 unspecified atom stereocenters. The minimum Gasteiger partial charge on any atom is -0.489 e. The van der Waals surface area contributed by atoms with Crippen LogP contribution < -0.4 is 15.8 Å². The molecule has 0 atom stereocenters. The summed E-state index contributed by atoms with van der Waals surface area (Å²) >= 11 is 0. The Morgan fingerprint density at radius 2 is 1.68 bits per heavy atom. The highest BCUT2D eigenvalue weighted by molar-refractivity contribution is 6.06.